The predicted octanol–water partition coefficient (Wildman–Crippen LogP) is 2.83. The summed E-state index contributed by atoms with van der Waals surface area (Å²) < 4.78 is 0. The fraction of sp³-hybridized carbons (Fsp3) is 0.312. The summed E-state index contributed by atoms with van der Waals surface area (Å²) in [6.07, 6.45) is 8.39. The first-order valence-corrected chi connectivity index (χ1v) is 7.21. The number of hydrogen-bond acceptors (Lipinski definition) is 4. The second-order valence-corrected chi connectivity index (χ2v) is 5.26. The third-order valence-electron chi connectivity index (χ3n) is 3.73. The van der Waals surface area contributed by atoms with Crippen LogP contribution in [0.25, 0.3) is 0 Å². The van der Waals surface area contributed by atoms with Crippen LogP contribution in [0.1, 0.15) is 24.8 Å². The molecule has 21 heavy (non-hydrogen) atoms. The van der Waals surface area contributed by atoms with Crippen LogP contribution in [0, 0.1) is 5.92 Å². The van der Waals surface area contributed by atoms with Crippen LogP contribution in [0.2, 0.25) is 0 Å². The molecule has 1 aliphatic carbocycles. The maximum absolute atomic E-state index is 11.8. The van der Waals surface area contributed by atoms with Crippen molar-refractivity contribution in [1.82, 2.24) is 9.97 Å². The number of amides is 1. The zero-order valence-electron chi connectivity index (χ0n) is 11.7. The molecule has 108 valence electrons. The van der Waals surface area contributed by atoms with Gasteiger partial charge in [-0.25, -0.2) is 4.98 Å². The van der Waals surface area contributed by atoms with E-state index in [0.29, 0.717) is 6.54 Å². The molecule has 1 fully saturated rings. The fourth-order valence-electron chi connectivity index (χ4n) is 2.18. The topological polar surface area (TPSA) is 66.9 Å². The van der Waals surface area contributed by atoms with Gasteiger partial charge in [0.2, 0.25) is 5.91 Å². The van der Waals surface area contributed by atoms with E-state index in [1.807, 2.05) is 24.3 Å². The number of nitrogens with zero attached hydrogens (tertiary/aromatic N) is 2. The molecular formula is C16H18N4O. The van der Waals surface area contributed by atoms with Gasteiger partial charge in [-0.1, -0.05) is 6.42 Å². The lowest BCUT2D eigenvalue weighted by molar-refractivity contribution is -0.122. The van der Waals surface area contributed by atoms with Crippen molar-refractivity contribution in [2.75, 3.05) is 10.6 Å². The summed E-state index contributed by atoms with van der Waals surface area (Å²) >= 11 is 0. The van der Waals surface area contributed by atoms with Crippen molar-refractivity contribution < 1.29 is 4.79 Å². The molecule has 1 saturated carbocycles. The molecule has 0 unspecified atom stereocenters. The van der Waals surface area contributed by atoms with Crippen LogP contribution in [0.3, 0.4) is 0 Å². The maximum atomic E-state index is 11.8. The lowest BCUT2D eigenvalue weighted by Crippen LogP contribution is -2.28. The number of aromatic nitrogens is 2. The SMILES string of the molecule is O=C(Nc1ccc(NCc2ccncc2)nc1)C1CCC1. The monoisotopic (exact) mass is 282 g/mol. The Hall–Kier alpha value is -2.43. The molecule has 2 N–H and O–H groups in total. The summed E-state index contributed by atoms with van der Waals surface area (Å²) in [4.78, 5) is 20.1. The maximum Gasteiger partial charge on any atom is 0.227 e. The number of nitrogens with one attached hydrogen (secondary N) is 2. The van der Waals surface area contributed by atoms with Crippen LogP contribution in [0.5, 0.6) is 0 Å². The van der Waals surface area contributed by atoms with Gasteiger partial charge in [0.25, 0.3) is 0 Å². The van der Waals surface area contributed by atoms with Gasteiger partial charge in [0, 0.05) is 24.9 Å². The zero-order chi connectivity index (χ0) is 14.5. The number of rotatable bonds is 5. The highest BCUT2D eigenvalue weighted by Gasteiger charge is 2.25. The minimum atomic E-state index is 0.112. The van der Waals surface area contributed by atoms with Gasteiger partial charge in [-0.15, -0.1) is 0 Å². The molecule has 0 aromatic carbocycles. The summed E-state index contributed by atoms with van der Waals surface area (Å²) in [5.74, 6) is 1.09. The van der Waals surface area contributed by atoms with Crippen molar-refractivity contribution in [1.29, 1.82) is 0 Å². The highest BCUT2D eigenvalue weighted by atomic mass is 16.1. The van der Waals surface area contributed by atoms with Gasteiger partial charge in [-0.2, -0.15) is 0 Å². The van der Waals surface area contributed by atoms with E-state index in [0.717, 1.165) is 36.3 Å². The largest absolute Gasteiger partial charge is 0.366 e. The van der Waals surface area contributed by atoms with Crippen molar-refractivity contribution in [3.8, 4) is 0 Å². The molecule has 1 aliphatic rings. The lowest BCUT2D eigenvalue weighted by atomic mass is 9.85. The summed E-state index contributed by atoms with van der Waals surface area (Å²) in [5.41, 5.74) is 1.90. The first kappa shape index (κ1) is 13.5. The van der Waals surface area contributed by atoms with Gasteiger partial charge in [0.15, 0.2) is 0 Å². The molecule has 2 aromatic heterocycles. The fourth-order valence-corrected chi connectivity index (χ4v) is 2.18. The molecule has 5 heteroatoms. The van der Waals surface area contributed by atoms with Gasteiger partial charge < -0.3 is 10.6 Å². The van der Waals surface area contributed by atoms with Crippen molar-refractivity contribution >= 4 is 17.4 Å². The Morgan fingerprint density at radius 2 is 2.00 bits per heavy atom. The van der Waals surface area contributed by atoms with E-state index in [4.69, 9.17) is 0 Å². The lowest BCUT2D eigenvalue weighted by Gasteiger charge is -2.23. The van der Waals surface area contributed by atoms with E-state index in [2.05, 4.69) is 20.6 Å². The van der Waals surface area contributed by atoms with E-state index in [9.17, 15) is 4.79 Å². The van der Waals surface area contributed by atoms with Crippen LogP contribution in [0.4, 0.5) is 11.5 Å². The Morgan fingerprint density at radius 1 is 1.19 bits per heavy atom. The molecule has 2 aromatic rings. The van der Waals surface area contributed by atoms with Crippen LogP contribution >= 0.6 is 0 Å². The summed E-state index contributed by atoms with van der Waals surface area (Å²) in [6, 6.07) is 7.66. The average Bonchev–Trinajstić information content (AvgIpc) is 2.46. The number of carbonyl (C=O) groups is 1. The standard InChI is InChI=1S/C16H18N4O/c21-16(13-2-1-3-13)20-14-4-5-15(19-11-14)18-10-12-6-8-17-9-7-12/h4-9,11,13H,1-3,10H2,(H,18,19)(H,20,21). The number of anilines is 2. The van der Waals surface area contributed by atoms with Gasteiger partial charge in [0.05, 0.1) is 11.9 Å². The van der Waals surface area contributed by atoms with Crippen LogP contribution in [-0.2, 0) is 11.3 Å². The van der Waals surface area contributed by atoms with E-state index in [1.165, 1.54) is 0 Å². The summed E-state index contributed by atoms with van der Waals surface area (Å²) in [7, 11) is 0. The highest BCUT2D eigenvalue weighted by Crippen LogP contribution is 2.27. The molecular weight excluding hydrogens is 264 g/mol. The van der Waals surface area contributed by atoms with Gasteiger partial charge in [-0.05, 0) is 42.7 Å². The number of hydrogen-bond donors (Lipinski definition) is 2. The van der Waals surface area contributed by atoms with Crippen LogP contribution < -0.4 is 10.6 Å². The van der Waals surface area contributed by atoms with Crippen molar-refractivity contribution in [2.45, 2.75) is 25.8 Å². The molecule has 0 radical (unpaired) electrons. The molecule has 1 amide bonds. The summed E-state index contributed by atoms with van der Waals surface area (Å²) in [6.45, 7) is 0.698. The number of carbonyl (C=O) groups excluding carboxylic acids is 1. The van der Waals surface area contributed by atoms with Gasteiger partial charge >= 0.3 is 0 Å². The van der Waals surface area contributed by atoms with Crippen molar-refractivity contribution in [3.05, 3.63) is 48.4 Å². The van der Waals surface area contributed by atoms with Gasteiger partial charge in [0.1, 0.15) is 5.82 Å². The second-order valence-electron chi connectivity index (χ2n) is 5.26. The first-order valence-electron chi connectivity index (χ1n) is 7.21. The van der Waals surface area contributed by atoms with Crippen LogP contribution in [0.15, 0.2) is 42.9 Å². The minimum Gasteiger partial charge on any atom is -0.366 e. The summed E-state index contributed by atoms with van der Waals surface area (Å²) in [5, 5.41) is 6.14. The molecule has 0 atom stereocenters. The van der Waals surface area contributed by atoms with E-state index < -0.39 is 0 Å². The zero-order valence-corrected chi connectivity index (χ0v) is 11.7. The highest BCUT2D eigenvalue weighted by molar-refractivity contribution is 5.92. The third kappa shape index (κ3) is 3.56. The van der Waals surface area contributed by atoms with Gasteiger partial charge in [-0.3, -0.25) is 9.78 Å². The molecule has 0 aliphatic heterocycles. The van der Waals surface area contributed by atoms with E-state index >= 15 is 0 Å². The Bertz CT molecular complexity index is 593. The van der Waals surface area contributed by atoms with Crippen LogP contribution in [-0.4, -0.2) is 15.9 Å². The van der Waals surface area contributed by atoms with Crippen molar-refractivity contribution in [3.63, 3.8) is 0 Å². The first-order chi connectivity index (χ1) is 10.3. The molecule has 3 rings (SSSR count). The Kier molecular flexibility index (Phi) is 4.09. The average molecular weight is 282 g/mol. The quantitative estimate of drug-likeness (QED) is 0.885. The smallest absolute Gasteiger partial charge is 0.227 e. The molecule has 5 nitrogen and oxygen atoms in total. The molecule has 0 bridgehead atoms. The Morgan fingerprint density at radius 3 is 2.62 bits per heavy atom. The van der Waals surface area contributed by atoms with E-state index in [1.54, 1.807) is 18.6 Å². The normalized spacial score (nSPS) is 14.3. The van der Waals surface area contributed by atoms with Crippen molar-refractivity contribution in [2.24, 2.45) is 5.92 Å². The minimum absolute atomic E-state index is 0.112. The molecule has 2 heterocycles. The molecule has 0 saturated heterocycles. The Labute approximate surface area is 123 Å². The number of pyridine rings is 2. The Balaban J connectivity index is 1.52. The third-order valence-corrected chi connectivity index (χ3v) is 3.73. The predicted molar refractivity (Wildman–Crippen MR) is 81.8 cm³/mol. The molecule has 0 spiro atoms. The second kappa shape index (κ2) is 6.35. The van der Waals surface area contributed by atoms with E-state index in [-0.39, 0.29) is 11.8 Å².